The van der Waals surface area contributed by atoms with E-state index in [9.17, 15) is 4.79 Å². The third-order valence-electron chi connectivity index (χ3n) is 4.37. The molecule has 1 saturated heterocycles. The Balaban J connectivity index is 1.98. The molecule has 5 heteroatoms. The summed E-state index contributed by atoms with van der Waals surface area (Å²) in [6.45, 7) is 5.83. The number of para-hydroxylation sites is 2. The number of nitrogens with zero attached hydrogens (tertiary/aromatic N) is 1. The molecule has 0 bridgehead atoms. The SMILES string of the molecule is COC1CN(C(C)C(=O)Nc2ccccc2N)CCC1C. The number of hydrogen-bond donors (Lipinski definition) is 2. The first-order valence-corrected chi connectivity index (χ1v) is 7.45. The predicted octanol–water partition coefficient (Wildman–Crippen LogP) is 1.95. The first kappa shape index (κ1) is 15.8. The van der Waals surface area contributed by atoms with Crippen molar-refractivity contribution in [2.75, 3.05) is 31.2 Å². The second-order valence-electron chi connectivity index (χ2n) is 5.79. The van der Waals surface area contributed by atoms with Crippen molar-refractivity contribution in [2.45, 2.75) is 32.4 Å². The highest BCUT2D eigenvalue weighted by atomic mass is 16.5. The molecule has 0 spiro atoms. The molecule has 116 valence electrons. The van der Waals surface area contributed by atoms with Gasteiger partial charge in [-0.15, -0.1) is 0 Å². The van der Waals surface area contributed by atoms with Crippen molar-refractivity contribution in [3.63, 3.8) is 0 Å². The zero-order valence-electron chi connectivity index (χ0n) is 13.0. The van der Waals surface area contributed by atoms with Gasteiger partial charge in [-0.3, -0.25) is 9.69 Å². The number of rotatable bonds is 4. The van der Waals surface area contributed by atoms with Gasteiger partial charge in [0.2, 0.25) is 5.91 Å². The minimum Gasteiger partial charge on any atom is -0.397 e. The molecule has 1 aliphatic rings. The Bertz CT molecular complexity index is 492. The molecule has 1 aromatic rings. The molecule has 3 unspecified atom stereocenters. The number of likely N-dealkylation sites (tertiary alicyclic amines) is 1. The summed E-state index contributed by atoms with van der Waals surface area (Å²) in [6, 6.07) is 7.11. The molecule has 2 rings (SSSR count). The number of nitrogen functional groups attached to an aromatic ring is 1. The van der Waals surface area contributed by atoms with Gasteiger partial charge in [-0.1, -0.05) is 19.1 Å². The smallest absolute Gasteiger partial charge is 0.241 e. The summed E-state index contributed by atoms with van der Waals surface area (Å²) >= 11 is 0. The van der Waals surface area contributed by atoms with Crippen molar-refractivity contribution in [2.24, 2.45) is 5.92 Å². The van der Waals surface area contributed by atoms with Crippen LogP contribution in [0.1, 0.15) is 20.3 Å². The molecular weight excluding hydrogens is 266 g/mol. The van der Waals surface area contributed by atoms with Crippen molar-refractivity contribution in [1.29, 1.82) is 0 Å². The third kappa shape index (κ3) is 3.74. The Morgan fingerprint density at radius 3 is 2.86 bits per heavy atom. The molecule has 0 aromatic heterocycles. The number of carbonyl (C=O) groups is 1. The van der Waals surface area contributed by atoms with Crippen LogP contribution < -0.4 is 11.1 Å². The van der Waals surface area contributed by atoms with Crippen LogP contribution in [0.3, 0.4) is 0 Å². The van der Waals surface area contributed by atoms with Gasteiger partial charge in [-0.2, -0.15) is 0 Å². The lowest BCUT2D eigenvalue weighted by molar-refractivity contribution is -0.122. The Hall–Kier alpha value is -1.59. The zero-order chi connectivity index (χ0) is 15.4. The van der Waals surface area contributed by atoms with Crippen LogP contribution in [-0.2, 0) is 9.53 Å². The summed E-state index contributed by atoms with van der Waals surface area (Å²) in [4.78, 5) is 14.6. The number of nitrogens with two attached hydrogens (primary N) is 1. The Labute approximate surface area is 126 Å². The maximum absolute atomic E-state index is 12.4. The molecule has 21 heavy (non-hydrogen) atoms. The van der Waals surface area contributed by atoms with Gasteiger partial charge in [0.1, 0.15) is 0 Å². The van der Waals surface area contributed by atoms with Gasteiger partial charge < -0.3 is 15.8 Å². The summed E-state index contributed by atoms with van der Waals surface area (Å²) in [5.74, 6) is 0.503. The fourth-order valence-electron chi connectivity index (χ4n) is 2.73. The van der Waals surface area contributed by atoms with Crippen LogP contribution in [0.2, 0.25) is 0 Å². The van der Waals surface area contributed by atoms with E-state index in [4.69, 9.17) is 10.5 Å². The van der Waals surface area contributed by atoms with E-state index >= 15 is 0 Å². The molecule has 0 aliphatic carbocycles. The number of hydrogen-bond acceptors (Lipinski definition) is 4. The standard InChI is InChI=1S/C16H25N3O2/c1-11-8-9-19(10-15(11)21-3)12(2)16(20)18-14-7-5-4-6-13(14)17/h4-7,11-12,15H,8-10,17H2,1-3H3,(H,18,20). The Morgan fingerprint density at radius 2 is 2.19 bits per heavy atom. The van der Waals surface area contributed by atoms with E-state index in [1.54, 1.807) is 13.2 Å². The topological polar surface area (TPSA) is 67.6 Å². The molecule has 1 fully saturated rings. The number of piperidine rings is 1. The minimum absolute atomic E-state index is 0.0303. The highest BCUT2D eigenvalue weighted by Crippen LogP contribution is 2.22. The van der Waals surface area contributed by atoms with E-state index in [2.05, 4.69) is 17.1 Å². The molecule has 3 N–H and O–H groups in total. The number of amides is 1. The third-order valence-corrected chi connectivity index (χ3v) is 4.37. The molecule has 1 amide bonds. The van der Waals surface area contributed by atoms with Crippen LogP contribution in [0, 0.1) is 5.92 Å². The van der Waals surface area contributed by atoms with Gasteiger partial charge in [-0.05, 0) is 37.9 Å². The van der Waals surface area contributed by atoms with Crippen molar-refractivity contribution in [3.05, 3.63) is 24.3 Å². The molecule has 0 radical (unpaired) electrons. The van der Waals surface area contributed by atoms with Crippen molar-refractivity contribution in [3.8, 4) is 0 Å². The predicted molar refractivity (Wildman–Crippen MR) is 85.1 cm³/mol. The quantitative estimate of drug-likeness (QED) is 0.832. The van der Waals surface area contributed by atoms with Gasteiger partial charge in [0.15, 0.2) is 0 Å². The molecule has 5 nitrogen and oxygen atoms in total. The lowest BCUT2D eigenvalue weighted by atomic mass is 9.95. The van der Waals surface area contributed by atoms with E-state index < -0.39 is 0 Å². The van der Waals surface area contributed by atoms with E-state index in [0.717, 1.165) is 19.5 Å². The van der Waals surface area contributed by atoms with Gasteiger partial charge in [0.05, 0.1) is 23.5 Å². The van der Waals surface area contributed by atoms with Crippen LogP contribution in [0.4, 0.5) is 11.4 Å². The van der Waals surface area contributed by atoms with Crippen molar-refractivity contribution in [1.82, 2.24) is 4.90 Å². The molecule has 1 aromatic carbocycles. The van der Waals surface area contributed by atoms with Gasteiger partial charge >= 0.3 is 0 Å². The average Bonchev–Trinajstić information content (AvgIpc) is 2.49. The number of nitrogens with one attached hydrogen (secondary N) is 1. The summed E-state index contributed by atoms with van der Waals surface area (Å²) < 4.78 is 5.51. The van der Waals surface area contributed by atoms with Crippen LogP contribution in [0.25, 0.3) is 0 Å². The summed E-state index contributed by atoms with van der Waals surface area (Å²) in [7, 11) is 1.74. The highest BCUT2D eigenvalue weighted by molar-refractivity contribution is 5.97. The zero-order valence-corrected chi connectivity index (χ0v) is 13.0. The van der Waals surface area contributed by atoms with Crippen LogP contribution in [0.15, 0.2) is 24.3 Å². The highest BCUT2D eigenvalue weighted by Gasteiger charge is 2.31. The summed E-state index contributed by atoms with van der Waals surface area (Å²) in [5.41, 5.74) is 7.11. The minimum atomic E-state index is -0.199. The molecular formula is C16H25N3O2. The largest absolute Gasteiger partial charge is 0.397 e. The van der Waals surface area contributed by atoms with Crippen molar-refractivity contribution >= 4 is 17.3 Å². The molecule has 0 saturated carbocycles. The number of anilines is 2. The van der Waals surface area contributed by atoms with E-state index in [1.807, 2.05) is 25.1 Å². The molecule has 1 aliphatic heterocycles. The number of carbonyl (C=O) groups excluding carboxylic acids is 1. The Kier molecular flexibility index (Phi) is 5.20. The average molecular weight is 291 g/mol. The van der Waals surface area contributed by atoms with E-state index in [-0.39, 0.29) is 18.1 Å². The van der Waals surface area contributed by atoms with Crippen molar-refractivity contribution < 1.29 is 9.53 Å². The first-order valence-electron chi connectivity index (χ1n) is 7.45. The maximum atomic E-state index is 12.4. The second-order valence-corrected chi connectivity index (χ2v) is 5.79. The lowest BCUT2D eigenvalue weighted by Crippen LogP contribution is -2.51. The summed E-state index contributed by atoms with van der Waals surface area (Å²) in [5, 5.41) is 2.90. The number of ether oxygens (including phenoxy) is 1. The first-order chi connectivity index (χ1) is 10.0. The van der Waals surface area contributed by atoms with E-state index in [1.165, 1.54) is 0 Å². The van der Waals surface area contributed by atoms with Crippen LogP contribution >= 0.6 is 0 Å². The molecule has 1 heterocycles. The van der Waals surface area contributed by atoms with Gasteiger partial charge in [0.25, 0.3) is 0 Å². The van der Waals surface area contributed by atoms with Gasteiger partial charge in [-0.25, -0.2) is 0 Å². The fourth-order valence-corrected chi connectivity index (χ4v) is 2.73. The fraction of sp³-hybridized carbons (Fsp3) is 0.562. The monoisotopic (exact) mass is 291 g/mol. The van der Waals surface area contributed by atoms with Crippen LogP contribution in [-0.4, -0.2) is 43.2 Å². The lowest BCUT2D eigenvalue weighted by Gasteiger charge is -2.38. The normalized spacial score (nSPS) is 24.5. The van der Waals surface area contributed by atoms with Crippen LogP contribution in [0.5, 0.6) is 0 Å². The second kappa shape index (κ2) is 6.91. The molecule has 3 atom stereocenters. The number of benzene rings is 1. The number of methoxy groups -OCH3 is 1. The Morgan fingerprint density at radius 1 is 1.48 bits per heavy atom. The summed E-state index contributed by atoms with van der Waals surface area (Å²) in [6.07, 6.45) is 1.24. The van der Waals surface area contributed by atoms with Gasteiger partial charge in [0, 0.05) is 13.7 Å². The van der Waals surface area contributed by atoms with E-state index in [0.29, 0.717) is 17.3 Å². The maximum Gasteiger partial charge on any atom is 0.241 e.